The SMILES string of the molecule is Cc1[nH]c(-c2ccccc2)cc1S(=O)Cl. The first-order valence-corrected chi connectivity index (χ1v) is 6.49. The van der Waals surface area contributed by atoms with Gasteiger partial charge in [0.05, 0.1) is 4.90 Å². The summed E-state index contributed by atoms with van der Waals surface area (Å²) >= 11 is 0. The predicted octanol–water partition coefficient (Wildman–Crippen LogP) is 3.25. The van der Waals surface area contributed by atoms with Crippen molar-refractivity contribution in [3.63, 3.8) is 0 Å². The molecule has 78 valence electrons. The standard InChI is InChI=1S/C11H10ClNOS/c1-8-11(15(12)14)7-10(13-8)9-5-3-2-4-6-9/h2-7,13H,1H3. The smallest absolute Gasteiger partial charge is 0.149 e. The lowest BCUT2D eigenvalue weighted by molar-refractivity contribution is 0.691. The summed E-state index contributed by atoms with van der Waals surface area (Å²) in [5.74, 6) is 0. The number of rotatable bonds is 2. The molecule has 1 heterocycles. The number of nitrogens with one attached hydrogen (secondary N) is 1. The van der Waals surface area contributed by atoms with Gasteiger partial charge in [-0.3, -0.25) is 0 Å². The lowest BCUT2D eigenvalue weighted by atomic mass is 10.2. The third-order valence-electron chi connectivity index (χ3n) is 2.22. The van der Waals surface area contributed by atoms with Crippen LogP contribution in [-0.4, -0.2) is 9.19 Å². The molecule has 0 saturated heterocycles. The van der Waals surface area contributed by atoms with Crippen molar-refractivity contribution in [3.8, 4) is 11.3 Å². The van der Waals surface area contributed by atoms with Gasteiger partial charge < -0.3 is 4.98 Å². The summed E-state index contributed by atoms with van der Waals surface area (Å²) in [6.45, 7) is 1.86. The lowest BCUT2D eigenvalue weighted by Crippen LogP contribution is -1.80. The van der Waals surface area contributed by atoms with Gasteiger partial charge in [-0.1, -0.05) is 30.3 Å². The summed E-state index contributed by atoms with van der Waals surface area (Å²) in [5, 5.41) is 0. The number of aromatic nitrogens is 1. The van der Waals surface area contributed by atoms with Gasteiger partial charge in [0.25, 0.3) is 0 Å². The average Bonchev–Trinajstić information content (AvgIpc) is 2.62. The van der Waals surface area contributed by atoms with E-state index in [0.29, 0.717) is 4.90 Å². The van der Waals surface area contributed by atoms with E-state index in [9.17, 15) is 4.21 Å². The summed E-state index contributed by atoms with van der Waals surface area (Å²) in [6.07, 6.45) is 0. The molecule has 0 aliphatic carbocycles. The van der Waals surface area contributed by atoms with E-state index in [4.69, 9.17) is 10.7 Å². The minimum absolute atomic E-state index is 0.649. The molecule has 4 heteroatoms. The first-order chi connectivity index (χ1) is 7.18. The molecule has 15 heavy (non-hydrogen) atoms. The van der Waals surface area contributed by atoms with E-state index in [0.717, 1.165) is 17.0 Å². The van der Waals surface area contributed by atoms with Gasteiger partial charge in [0.2, 0.25) is 0 Å². The molecule has 0 saturated carbocycles. The fourth-order valence-corrected chi connectivity index (χ4v) is 2.46. The number of benzene rings is 1. The molecular formula is C11H10ClNOS. The van der Waals surface area contributed by atoms with Crippen LogP contribution in [0.4, 0.5) is 0 Å². The van der Waals surface area contributed by atoms with Gasteiger partial charge in [-0.2, -0.15) is 0 Å². The number of halogens is 1. The van der Waals surface area contributed by atoms with Crippen LogP contribution in [0.5, 0.6) is 0 Å². The summed E-state index contributed by atoms with van der Waals surface area (Å²) in [5.41, 5.74) is 2.85. The molecule has 1 atom stereocenters. The maximum Gasteiger partial charge on any atom is 0.149 e. The summed E-state index contributed by atoms with van der Waals surface area (Å²) in [7, 11) is 4.11. The second-order valence-electron chi connectivity index (χ2n) is 3.26. The average molecular weight is 240 g/mol. The van der Waals surface area contributed by atoms with Crippen LogP contribution in [0.25, 0.3) is 11.3 Å². The predicted molar refractivity (Wildman–Crippen MR) is 63.2 cm³/mol. The zero-order valence-corrected chi connectivity index (χ0v) is 9.73. The minimum Gasteiger partial charge on any atom is -0.358 e. The fraction of sp³-hybridized carbons (Fsp3) is 0.0909. The topological polar surface area (TPSA) is 32.9 Å². The second kappa shape index (κ2) is 4.21. The molecule has 1 aromatic carbocycles. The Labute approximate surface area is 95.2 Å². The Hall–Kier alpha value is -1.06. The van der Waals surface area contributed by atoms with Crippen LogP contribution in [0.1, 0.15) is 5.69 Å². The Bertz CT molecular complexity index is 493. The van der Waals surface area contributed by atoms with Crippen molar-refractivity contribution in [1.82, 2.24) is 4.98 Å². The molecular weight excluding hydrogens is 230 g/mol. The van der Waals surface area contributed by atoms with E-state index < -0.39 is 10.0 Å². The third-order valence-corrected chi connectivity index (χ3v) is 3.49. The highest BCUT2D eigenvalue weighted by Gasteiger charge is 2.09. The molecule has 0 fully saturated rings. The van der Waals surface area contributed by atoms with Crippen molar-refractivity contribution < 1.29 is 4.21 Å². The minimum atomic E-state index is -1.45. The first-order valence-electron chi connectivity index (χ1n) is 4.51. The van der Waals surface area contributed by atoms with Crippen molar-refractivity contribution in [2.75, 3.05) is 0 Å². The first kappa shape index (κ1) is 10.5. The molecule has 1 N–H and O–H groups in total. The molecule has 0 bridgehead atoms. The molecule has 0 spiro atoms. The normalized spacial score (nSPS) is 12.7. The third kappa shape index (κ3) is 2.13. The molecule has 1 unspecified atom stereocenters. The fourth-order valence-electron chi connectivity index (χ4n) is 1.48. The molecule has 1 aromatic heterocycles. The van der Waals surface area contributed by atoms with Crippen LogP contribution >= 0.6 is 10.7 Å². The number of H-pyrrole nitrogens is 1. The van der Waals surface area contributed by atoms with Crippen LogP contribution in [-0.2, 0) is 10.0 Å². The van der Waals surface area contributed by atoms with Gasteiger partial charge >= 0.3 is 0 Å². The number of hydrogen-bond acceptors (Lipinski definition) is 1. The monoisotopic (exact) mass is 239 g/mol. The molecule has 2 aromatic rings. The van der Waals surface area contributed by atoms with E-state index >= 15 is 0 Å². The highest BCUT2D eigenvalue weighted by Crippen LogP contribution is 2.24. The largest absolute Gasteiger partial charge is 0.358 e. The van der Waals surface area contributed by atoms with Gasteiger partial charge in [0.1, 0.15) is 10.0 Å². The quantitative estimate of drug-likeness (QED) is 0.802. The number of hydrogen-bond donors (Lipinski definition) is 1. The number of aryl methyl sites for hydroxylation is 1. The van der Waals surface area contributed by atoms with E-state index in [1.165, 1.54) is 0 Å². The van der Waals surface area contributed by atoms with Gasteiger partial charge in [-0.05, 0) is 29.2 Å². The van der Waals surface area contributed by atoms with Crippen LogP contribution in [0.3, 0.4) is 0 Å². The van der Waals surface area contributed by atoms with E-state index in [2.05, 4.69) is 4.98 Å². The van der Waals surface area contributed by atoms with Crippen LogP contribution in [0.15, 0.2) is 41.3 Å². The van der Waals surface area contributed by atoms with Gasteiger partial charge in [-0.15, -0.1) is 0 Å². The van der Waals surface area contributed by atoms with Crippen LogP contribution in [0.2, 0.25) is 0 Å². The van der Waals surface area contributed by atoms with E-state index in [1.807, 2.05) is 43.3 Å². The van der Waals surface area contributed by atoms with Gasteiger partial charge in [-0.25, -0.2) is 4.21 Å². The Morgan fingerprint density at radius 2 is 1.93 bits per heavy atom. The van der Waals surface area contributed by atoms with Crippen molar-refractivity contribution in [1.29, 1.82) is 0 Å². The van der Waals surface area contributed by atoms with Crippen molar-refractivity contribution >= 4 is 20.7 Å². The molecule has 2 nitrogen and oxygen atoms in total. The Morgan fingerprint density at radius 1 is 1.27 bits per heavy atom. The van der Waals surface area contributed by atoms with Crippen molar-refractivity contribution in [3.05, 3.63) is 42.1 Å². The molecule has 0 aliphatic heterocycles. The summed E-state index contributed by atoms with van der Waals surface area (Å²) < 4.78 is 11.2. The Balaban J connectivity index is 2.48. The Kier molecular flexibility index (Phi) is 2.93. The highest BCUT2D eigenvalue weighted by molar-refractivity contribution is 8.08. The van der Waals surface area contributed by atoms with E-state index in [1.54, 1.807) is 0 Å². The summed E-state index contributed by atoms with van der Waals surface area (Å²) in [6, 6.07) is 11.7. The Morgan fingerprint density at radius 3 is 2.47 bits per heavy atom. The molecule has 2 rings (SSSR count). The zero-order chi connectivity index (χ0) is 10.8. The zero-order valence-electron chi connectivity index (χ0n) is 8.16. The highest BCUT2D eigenvalue weighted by atomic mass is 35.7. The maximum absolute atomic E-state index is 11.2. The molecule has 0 amide bonds. The van der Waals surface area contributed by atoms with Gasteiger partial charge in [0, 0.05) is 11.4 Å². The molecule has 0 aliphatic rings. The summed E-state index contributed by atoms with van der Waals surface area (Å²) in [4.78, 5) is 3.81. The lowest BCUT2D eigenvalue weighted by Gasteiger charge is -1.95. The molecule has 0 radical (unpaired) electrons. The van der Waals surface area contributed by atoms with Crippen LogP contribution in [0, 0.1) is 6.92 Å². The second-order valence-corrected chi connectivity index (χ2v) is 4.99. The van der Waals surface area contributed by atoms with Crippen molar-refractivity contribution in [2.24, 2.45) is 0 Å². The van der Waals surface area contributed by atoms with Crippen LogP contribution < -0.4 is 0 Å². The van der Waals surface area contributed by atoms with Gasteiger partial charge in [0.15, 0.2) is 0 Å². The van der Waals surface area contributed by atoms with E-state index in [-0.39, 0.29) is 0 Å². The maximum atomic E-state index is 11.2. The number of aromatic amines is 1. The van der Waals surface area contributed by atoms with Crippen molar-refractivity contribution in [2.45, 2.75) is 11.8 Å².